The average Bonchev–Trinajstić information content (AvgIpc) is 3.20. The van der Waals surface area contributed by atoms with Crippen LogP contribution in [-0.2, 0) is 4.79 Å². The van der Waals surface area contributed by atoms with Crippen LogP contribution < -0.4 is 5.32 Å². The molecule has 6 heteroatoms. The molecule has 2 amide bonds. The molecule has 4 aliphatic carbocycles. The summed E-state index contributed by atoms with van der Waals surface area (Å²) in [6, 6.07) is 3.43. The molecule has 28 heavy (non-hydrogen) atoms. The van der Waals surface area contributed by atoms with Gasteiger partial charge in [-0.05, 0) is 73.8 Å². The Morgan fingerprint density at radius 1 is 1.04 bits per heavy atom. The van der Waals surface area contributed by atoms with Gasteiger partial charge in [-0.15, -0.1) is 0 Å². The maximum atomic E-state index is 12.6. The molecule has 1 aliphatic heterocycles. The van der Waals surface area contributed by atoms with E-state index < -0.39 is 0 Å². The molecule has 152 valence electrons. The Bertz CT molecular complexity index is 686. The molecular weight excluding hydrogens is 354 g/mol. The third-order valence-electron chi connectivity index (χ3n) is 7.58. The second-order valence-electron chi connectivity index (χ2n) is 9.74. The van der Waals surface area contributed by atoms with E-state index >= 15 is 0 Å². The van der Waals surface area contributed by atoms with Gasteiger partial charge in [-0.1, -0.05) is 0 Å². The zero-order chi connectivity index (χ0) is 19.1. The van der Waals surface area contributed by atoms with E-state index in [1.165, 1.54) is 44.8 Å². The Hall–Kier alpha value is -1.82. The highest BCUT2D eigenvalue weighted by atomic mass is 16.3. The zero-order valence-corrected chi connectivity index (χ0v) is 16.6. The number of furan rings is 1. The van der Waals surface area contributed by atoms with Crippen LogP contribution in [-0.4, -0.2) is 60.9 Å². The van der Waals surface area contributed by atoms with Gasteiger partial charge in [0, 0.05) is 32.7 Å². The fourth-order valence-electron chi connectivity index (χ4n) is 6.72. The Morgan fingerprint density at radius 2 is 1.68 bits per heavy atom. The van der Waals surface area contributed by atoms with E-state index in [0.29, 0.717) is 30.8 Å². The van der Waals surface area contributed by atoms with Crippen molar-refractivity contribution in [1.82, 2.24) is 15.1 Å². The minimum absolute atomic E-state index is 0.0593. The summed E-state index contributed by atoms with van der Waals surface area (Å²) in [5.41, 5.74) is 0.387. The number of hydrogen-bond donors (Lipinski definition) is 1. The lowest BCUT2D eigenvalue weighted by molar-refractivity contribution is -0.124. The number of nitrogens with zero attached hydrogens (tertiary/aromatic N) is 2. The third kappa shape index (κ3) is 3.59. The van der Waals surface area contributed by atoms with Crippen LogP contribution in [0.25, 0.3) is 0 Å². The lowest BCUT2D eigenvalue weighted by Gasteiger charge is -2.57. The van der Waals surface area contributed by atoms with E-state index in [-0.39, 0.29) is 11.8 Å². The highest BCUT2D eigenvalue weighted by Crippen LogP contribution is 2.59. The summed E-state index contributed by atoms with van der Waals surface area (Å²) in [5.74, 6) is 3.23. The monoisotopic (exact) mass is 385 g/mol. The minimum atomic E-state index is -0.0593. The number of hydrogen-bond acceptors (Lipinski definition) is 4. The molecule has 5 aliphatic rings. The number of rotatable bonds is 5. The molecule has 2 heterocycles. The van der Waals surface area contributed by atoms with Crippen LogP contribution >= 0.6 is 0 Å². The quantitative estimate of drug-likeness (QED) is 0.845. The van der Waals surface area contributed by atoms with Crippen molar-refractivity contribution >= 4 is 11.8 Å². The van der Waals surface area contributed by atoms with Crippen LogP contribution in [0.2, 0.25) is 0 Å². The topological polar surface area (TPSA) is 65.8 Å². The summed E-state index contributed by atoms with van der Waals surface area (Å²) in [5, 5.41) is 3.27. The summed E-state index contributed by atoms with van der Waals surface area (Å²) in [6.45, 7) is 4.06. The van der Waals surface area contributed by atoms with Gasteiger partial charge in [0.05, 0.1) is 12.8 Å². The fraction of sp³-hybridized carbons (Fsp3) is 0.727. The molecule has 1 saturated heterocycles. The van der Waals surface area contributed by atoms with Gasteiger partial charge in [-0.2, -0.15) is 0 Å². The normalized spacial score (nSPS) is 34.6. The minimum Gasteiger partial charge on any atom is -0.459 e. The van der Waals surface area contributed by atoms with Gasteiger partial charge < -0.3 is 14.6 Å². The standard InChI is InChI=1S/C22H31N3O3/c26-20(23-15-22-11-16-8-17(12-22)10-18(9-16)13-22)14-24-3-5-25(6-4-24)21(27)19-2-1-7-28-19/h1-2,7,16-18H,3-6,8-15H2,(H,23,26). The van der Waals surface area contributed by atoms with Crippen LogP contribution in [0.15, 0.2) is 22.8 Å². The Morgan fingerprint density at radius 3 is 2.25 bits per heavy atom. The second-order valence-corrected chi connectivity index (χ2v) is 9.74. The lowest BCUT2D eigenvalue weighted by Crippen LogP contribution is -2.53. The van der Waals surface area contributed by atoms with Gasteiger partial charge in [0.1, 0.15) is 0 Å². The van der Waals surface area contributed by atoms with Gasteiger partial charge >= 0.3 is 0 Å². The largest absolute Gasteiger partial charge is 0.459 e. The fourth-order valence-corrected chi connectivity index (χ4v) is 6.72. The number of carbonyl (C=O) groups excluding carboxylic acids is 2. The molecule has 6 rings (SSSR count). The zero-order valence-electron chi connectivity index (χ0n) is 16.6. The van der Waals surface area contributed by atoms with Gasteiger partial charge in [-0.25, -0.2) is 0 Å². The highest BCUT2D eigenvalue weighted by molar-refractivity contribution is 5.91. The molecule has 1 N–H and O–H groups in total. The molecule has 0 unspecified atom stereocenters. The summed E-state index contributed by atoms with van der Waals surface area (Å²) < 4.78 is 5.20. The first-order valence-corrected chi connectivity index (χ1v) is 10.9. The molecule has 4 bridgehead atoms. The van der Waals surface area contributed by atoms with Crippen molar-refractivity contribution in [3.8, 4) is 0 Å². The van der Waals surface area contributed by atoms with Crippen molar-refractivity contribution in [3.63, 3.8) is 0 Å². The van der Waals surface area contributed by atoms with E-state index in [1.807, 2.05) is 4.90 Å². The van der Waals surface area contributed by atoms with Crippen LogP contribution in [0.5, 0.6) is 0 Å². The Labute approximate surface area is 166 Å². The summed E-state index contributed by atoms with van der Waals surface area (Å²) >= 11 is 0. The van der Waals surface area contributed by atoms with E-state index in [1.54, 1.807) is 12.1 Å². The van der Waals surface area contributed by atoms with Crippen molar-refractivity contribution in [3.05, 3.63) is 24.2 Å². The molecule has 0 spiro atoms. The lowest BCUT2D eigenvalue weighted by atomic mass is 9.49. The van der Waals surface area contributed by atoms with E-state index in [4.69, 9.17) is 4.42 Å². The molecule has 6 nitrogen and oxygen atoms in total. The predicted molar refractivity (Wildman–Crippen MR) is 105 cm³/mol. The third-order valence-corrected chi connectivity index (χ3v) is 7.58. The van der Waals surface area contributed by atoms with Gasteiger partial charge in [0.25, 0.3) is 5.91 Å². The SMILES string of the molecule is O=C(CN1CCN(C(=O)c2ccco2)CC1)NCC12CC3CC(CC(C3)C1)C2. The van der Waals surface area contributed by atoms with Crippen LogP contribution in [0, 0.1) is 23.2 Å². The maximum absolute atomic E-state index is 12.6. The van der Waals surface area contributed by atoms with Crippen molar-refractivity contribution in [2.45, 2.75) is 38.5 Å². The second kappa shape index (κ2) is 7.21. The molecule has 1 aromatic rings. The van der Waals surface area contributed by atoms with Gasteiger partial charge in [-0.3, -0.25) is 14.5 Å². The van der Waals surface area contributed by atoms with Gasteiger partial charge in [0.15, 0.2) is 5.76 Å². The molecule has 1 aromatic heterocycles. The molecule has 0 aromatic carbocycles. The molecule has 0 radical (unpaired) electrons. The Kier molecular flexibility index (Phi) is 4.69. The maximum Gasteiger partial charge on any atom is 0.289 e. The van der Waals surface area contributed by atoms with Crippen LogP contribution in [0.1, 0.15) is 49.1 Å². The molecular formula is C22H31N3O3. The summed E-state index contributed by atoms with van der Waals surface area (Å²) in [7, 11) is 0. The molecule has 0 atom stereocenters. The smallest absolute Gasteiger partial charge is 0.289 e. The van der Waals surface area contributed by atoms with E-state index in [2.05, 4.69) is 10.2 Å². The van der Waals surface area contributed by atoms with Gasteiger partial charge in [0.2, 0.25) is 5.91 Å². The molecule has 4 saturated carbocycles. The van der Waals surface area contributed by atoms with Crippen molar-refractivity contribution in [2.24, 2.45) is 23.2 Å². The van der Waals surface area contributed by atoms with Crippen molar-refractivity contribution in [1.29, 1.82) is 0 Å². The number of nitrogens with one attached hydrogen (secondary N) is 1. The average molecular weight is 386 g/mol. The van der Waals surface area contributed by atoms with Crippen molar-refractivity contribution in [2.75, 3.05) is 39.3 Å². The highest BCUT2D eigenvalue weighted by Gasteiger charge is 2.50. The van der Waals surface area contributed by atoms with E-state index in [9.17, 15) is 9.59 Å². The predicted octanol–water partition coefficient (Wildman–Crippen LogP) is 2.37. The van der Waals surface area contributed by atoms with E-state index in [0.717, 1.165) is 37.4 Å². The first-order valence-electron chi connectivity index (χ1n) is 10.9. The number of piperazine rings is 1. The van der Waals surface area contributed by atoms with Crippen molar-refractivity contribution < 1.29 is 14.0 Å². The molecule has 5 fully saturated rings. The number of amides is 2. The van der Waals surface area contributed by atoms with Crippen LogP contribution in [0.3, 0.4) is 0 Å². The van der Waals surface area contributed by atoms with Crippen LogP contribution in [0.4, 0.5) is 0 Å². The first kappa shape index (κ1) is 18.2. The number of carbonyl (C=O) groups is 2. The summed E-state index contributed by atoms with van der Waals surface area (Å²) in [4.78, 5) is 28.9. The Balaban J connectivity index is 1.07. The summed E-state index contributed by atoms with van der Waals surface area (Å²) in [6.07, 6.45) is 9.82. The first-order chi connectivity index (χ1) is 13.6.